The Bertz CT molecular complexity index is 2010. The van der Waals surface area contributed by atoms with Gasteiger partial charge in [0.2, 0.25) is 13.3 Å². The molecule has 4 aromatic rings. The van der Waals surface area contributed by atoms with Crippen molar-refractivity contribution in [3.8, 4) is 34.9 Å². The van der Waals surface area contributed by atoms with E-state index in [0.717, 1.165) is 6.07 Å². The van der Waals surface area contributed by atoms with E-state index in [1.165, 1.54) is 12.1 Å². The van der Waals surface area contributed by atoms with Crippen molar-refractivity contribution in [3.63, 3.8) is 0 Å². The molecule has 0 unspecified atom stereocenters. The third-order valence-electron chi connectivity index (χ3n) is 10.0. The number of halogens is 6. The minimum Gasteiger partial charge on any atom is -0.463 e. The average molecular weight is 716 g/mol. The van der Waals surface area contributed by atoms with E-state index in [2.05, 4.69) is 21.8 Å². The van der Waals surface area contributed by atoms with Gasteiger partial charge in [0.1, 0.15) is 22.7 Å². The summed E-state index contributed by atoms with van der Waals surface area (Å²) in [6.45, 7) is 3.91. The van der Waals surface area contributed by atoms with Gasteiger partial charge < -0.3 is 24.0 Å². The Hall–Kier alpha value is -3.99. The lowest BCUT2D eigenvalue weighted by molar-refractivity contribution is -0.0679. The zero-order valence-electron chi connectivity index (χ0n) is 27.7. The van der Waals surface area contributed by atoms with Gasteiger partial charge in [0.05, 0.1) is 36.6 Å². The number of alkyl halides is 4. The van der Waals surface area contributed by atoms with E-state index >= 15 is 8.78 Å². The fourth-order valence-electron chi connectivity index (χ4n) is 7.53. The van der Waals surface area contributed by atoms with Gasteiger partial charge in [0.25, 0.3) is 0 Å². The minimum atomic E-state index is -2.56. The summed E-state index contributed by atoms with van der Waals surface area (Å²) in [7, 11) is 1.87. The van der Waals surface area contributed by atoms with E-state index in [0.29, 0.717) is 38.2 Å². The van der Waals surface area contributed by atoms with Crippen LogP contribution in [0.3, 0.4) is 0 Å². The third-order valence-corrected chi connectivity index (χ3v) is 10.6. The van der Waals surface area contributed by atoms with Crippen molar-refractivity contribution in [2.45, 2.75) is 38.1 Å². The molecular weight excluding hydrogens is 681 g/mol. The number of fused-ring (bicyclic) bond motifs is 3. The normalized spacial score (nSPS) is 25.3. The zero-order valence-corrected chi connectivity index (χ0v) is 28.4. The molecule has 264 valence electrons. The molecule has 2 saturated heterocycles. The summed E-state index contributed by atoms with van der Waals surface area (Å²) in [6, 6.07) is 7.02. The van der Waals surface area contributed by atoms with Crippen LogP contribution in [0, 0.1) is 40.7 Å². The second kappa shape index (κ2) is 13.6. The number of aromatic nitrogens is 3. The van der Waals surface area contributed by atoms with E-state index in [9.17, 15) is 13.2 Å². The summed E-state index contributed by atoms with van der Waals surface area (Å²) in [4.78, 5) is 17.8. The van der Waals surface area contributed by atoms with E-state index in [-0.39, 0.29) is 75.4 Å². The monoisotopic (exact) mass is 715 g/mol. The zero-order chi connectivity index (χ0) is 35.3. The van der Waals surface area contributed by atoms with Crippen LogP contribution in [-0.2, 0) is 4.74 Å². The smallest absolute Gasteiger partial charge is 0.319 e. The first kappa shape index (κ1) is 34.5. The van der Waals surface area contributed by atoms with Crippen LogP contribution in [0.1, 0.15) is 26.0 Å². The highest BCUT2D eigenvalue weighted by atomic mass is 35.5. The number of likely N-dealkylation sites (tertiary alicyclic amines) is 1. The van der Waals surface area contributed by atoms with Crippen LogP contribution in [0.2, 0.25) is 0 Å². The van der Waals surface area contributed by atoms with Crippen LogP contribution < -0.4 is 14.4 Å². The molecule has 8 nitrogen and oxygen atoms in total. The van der Waals surface area contributed by atoms with Gasteiger partial charge in [0.15, 0.2) is 17.4 Å². The molecule has 1 saturated carbocycles. The van der Waals surface area contributed by atoms with Crippen molar-refractivity contribution in [2.75, 3.05) is 58.3 Å². The number of benzene rings is 2. The molecule has 2 aliphatic heterocycles. The predicted molar refractivity (Wildman–Crippen MR) is 180 cm³/mol. The summed E-state index contributed by atoms with van der Waals surface area (Å²) in [5, 5.41) is 0.511. The maximum Gasteiger partial charge on any atom is 0.319 e. The SMILES string of the molecule is CC#Cc1nc(-c2cccc3ccc(F)c(OCF)c23)c(F)c2nc(OC[C@]3(C)CN(C)CC[C@@H]3C(F)F)nc(N3CCOC[C@H]4[C@H](Cl)[C@H]43)c12. The van der Waals surface area contributed by atoms with Crippen molar-refractivity contribution in [1.29, 1.82) is 0 Å². The highest BCUT2D eigenvalue weighted by Crippen LogP contribution is 2.47. The number of nitrogens with zero attached hydrogens (tertiary/aromatic N) is 5. The molecule has 4 heterocycles. The highest BCUT2D eigenvalue weighted by molar-refractivity contribution is 6.24. The third kappa shape index (κ3) is 6.05. The summed E-state index contributed by atoms with van der Waals surface area (Å²) >= 11 is 6.69. The lowest BCUT2D eigenvalue weighted by Crippen LogP contribution is -2.51. The Morgan fingerprint density at radius 3 is 2.68 bits per heavy atom. The van der Waals surface area contributed by atoms with Crippen LogP contribution in [0.5, 0.6) is 11.8 Å². The van der Waals surface area contributed by atoms with Crippen LogP contribution in [-0.4, -0.2) is 91.1 Å². The number of hydrogen-bond donors (Lipinski definition) is 0. The molecule has 2 aromatic carbocycles. The first-order chi connectivity index (χ1) is 24.1. The van der Waals surface area contributed by atoms with Crippen molar-refractivity contribution in [1.82, 2.24) is 19.9 Å². The summed E-state index contributed by atoms with van der Waals surface area (Å²) in [5.74, 6) is 3.00. The number of pyridine rings is 1. The summed E-state index contributed by atoms with van der Waals surface area (Å²) in [6.07, 6.45) is -2.28. The lowest BCUT2D eigenvalue weighted by atomic mass is 9.73. The highest BCUT2D eigenvalue weighted by Gasteiger charge is 2.55. The second-order valence-corrected chi connectivity index (χ2v) is 13.9. The van der Waals surface area contributed by atoms with Gasteiger partial charge in [-0.3, -0.25) is 0 Å². The summed E-state index contributed by atoms with van der Waals surface area (Å²) < 4.78 is 91.1. The van der Waals surface area contributed by atoms with E-state index in [4.69, 9.17) is 30.8 Å². The van der Waals surface area contributed by atoms with Gasteiger partial charge in [-0.2, -0.15) is 9.97 Å². The molecule has 0 N–H and O–H groups in total. The quantitative estimate of drug-likeness (QED) is 0.112. The Morgan fingerprint density at radius 2 is 1.92 bits per heavy atom. The molecule has 0 spiro atoms. The second-order valence-electron chi connectivity index (χ2n) is 13.4. The number of ether oxygens (including phenoxy) is 3. The molecule has 3 aliphatic rings. The standard InChI is InChI=1S/C36H35ClF5N5O3/c1-4-6-24-26-30(28(40)29(43-24)20-8-5-7-19-9-10-23(39)32(25(19)20)50-18-38)44-35(45-34(26)47-13-14-48-15-21-27(37)31(21)47)49-17-36(2)16-46(3)12-11-22(36)33(41)42/h5,7-10,21-22,27,31,33H,11-18H2,1-3H3/t21-,22+,27-,31-,36-/m0/s1. The van der Waals surface area contributed by atoms with Gasteiger partial charge >= 0.3 is 6.01 Å². The van der Waals surface area contributed by atoms with E-state index in [1.54, 1.807) is 26.0 Å². The molecule has 50 heavy (non-hydrogen) atoms. The van der Waals surface area contributed by atoms with Gasteiger partial charge in [-0.15, -0.1) is 11.6 Å². The van der Waals surface area contributed by atoms with E-state index in [1.807, 2.05) is 16.8 Å². The van der Waals surface area contributed by atoms with Gasteiger partial charge in [0, 0.05) is 41.3 Å². The number of piperidine rings is 1. The lowest BCUT2D eigenvalue weighted by Gasteiger charge is -2.44. The predicted octanol–water partition coefficient (Wildman–Crippen LogP) is 6.84. The first-order valence-corrected chi connectivity index (χ1v) is 16.8. The fourth-order valence-corrected chi connectivity index (χ4v) is 7.99. The molecular formula is C36H35ClF5N5O3. The van der Waals surface area contributed by atoms with Crippen LogP contribution in [0.25, 0.3) is 32.9 Å². The topological polar surface area (TPSA) is 72.8 Å². The Labute approximate surface area is 290 Å². The van der Waals surface area contributed by atoms with Gasteiger partial charge in [-0.05, 0) is 44.3 Å². The molecule has 2 aromatic heterocycles. The average Bonchev–Trinajstić information content (AvgIpc) is 3.79. The number of hydrogen-bond acceptors (Lipinski definition) is 8. The summed E-state index contributed by atoms with van der Waals surface area (Å²) in [5.41, 5.74) is -1.13. The van der Waals surface area contributed by atoms with Crippen LogP contribution in [0.4, 0.5) is 27.8 Å². The first-order valence-electron chi connectivity index (χ1n) is 16.4. The molecule has 0 radical (unpaired) electrons. The number of rotatable bonds is 8. The molecule has 3 fully saturated rings. The van der Waals surface area contributed by atoms with Gasteiger partial charge in [-0.1, -0.05) is 37.1 Å². The fraction of sp³-hybridized carbons (Fsp3) is 0.472. The maximum atomic E-state index is 17.2. The molecule has 7 rings (SSSR count). The molecule has 0 bridgehead atoms. The van der Waals surface area contributed by atoms with Crippen molar-refractivity contribution in [3.05, 3.63) is 47.7 Å². The van der Waals surface area contributed by atoms with Crippen LogP contribution in [0.15, 0.2) is 30.3 Å². The van der Waals surface area contributed by atoms with Crippen LogP contribution >= 0.6 is 11.6 Å². The van der Waals surface area contributed by atoms with Crippen molar-refractivity contribution >= 4 is 39.1 Å². The molecule has 5 atom stereocenters. The number of anilines is 1. The Morgan fingerprint density at radius 1 is 1.10 bits per heavy atom. The van der Waals surface area contributed by atoms with Crippen molar-refractivity contribution < 1.29 is 36.2 Å². The maximum absolute atomic E-state index is 17.2. The van der Waals surface area contributed by atoms with Gasteiger partial charge in [-0.25, -0.2) is 26.9 Å². The molecule has 14 heteroatoms. The minimum absolute atomic E-state index is 0.00525. The molecule has 1 aliphatic carbocycles. The Balaban J connectivity index is 1.44. The largest absolute Gasteiger partial charge is 0.463 e. The molecule has 0 amide bonds. The van der Waals surface area contributed by atoms with Crippen molar-refractivity contribution in [2.24, 2.45) is 17.3 Å². The Kier molecular flexibility index (Phi) is 9.39. The van der Waals surface area contributed by atoms with E-state index < -0.39 is 42.0 Å².